The van der Waals surface area contributed by atoms with Gasteiger partial charge in [-0.05, 0) is 42.5 Å². The molecule has 1 amide bonds. The zero-order valence-electron chi connectivity index (χ0n) is 14.0. The van der Waals surface area contributed by atoms with Crippen molar-refractivity contribution in [3.8, 4) is 5.75 Å². The van der Waals surface area contributed by atoms with Crippen molar-refractivity contribution in [2.75, 3.05) is 19.0 Å². The first kappa shape index (κ1) is 17.9. The van der Waals surface area contributed by atoms with E-state index < -0.39 is 5.82 Å². The number of benzene rings is 2. The Hall–Kier alpha value is -1.92. The lowest BCUT2D eigenvalue weighted by atomic mass is 10.2. The van der Waals surface area contributed by atoms with Crippen LogP contribution in [-0.2, 0) is 11.3 Å². The highest BCUT2D eigenvalue weighted by Crippen LogP contribution is 2.19. The Bertz CT molecular complexity index is 748. The van der Waals surface area contributed by atoms with Gasteiger partial charge in [0.1, 0.15) is 18.1 Å². The number of nitrogens with one attached hydrogen (secondary N) is 2. The third-order valence-electron chi connectivity index (χ3n) is 4.34. The van der Waals surface area contributed by atoms with E-state index >= 15 is 0 Å². The zero-order valence-corrected chi connectivity index (χ0v) is 15.6. The third-order valence-corrected chi connectivity index (χ3v) is 4.83. The second kappa shape index (κ2) is 7.97. The van der Waals surface area contributed by atoms with Gasteiger partial charge in [0.2, 0.25) is 0 Å². The Balaban J connectivity index is 1.62. The molecule has 25 heavy (non-hydrogen) atoms. The van der Waals surface area contributed by atoms with Gasteiger partial charge in [0.25, 0.3) is 5.91 Å². The topological polar surface area (TPSA) is 42.8 Å². The van der Waals surface area contributed by atoms with Crippen LogP contribution in [0.25, 0.3) is 0 Å². The van der Waals surface area contributed by atoms with Crippen LogP contribution in [0.3, 0.4) is 0 Å². The van der Waals surface area contributed by atoms with Gasteiger partial charge in [0.05, 0.1) is 18.8 Å². The predicted octanol–water partition coefficient (Wildman–Crippen LogP) is 2.78. The number of rotatable bonds is 7. The Morgan fingerprint density at radius 1 is 1.28 bits per heavy atom. The highest BCUT2D eigenvalue weighted by atomic mass is 79.9. The molecule has 2 aromatic carbocycles. The summed E-state index contributed by atoms with van der Waals surface area (Å²) in [7, 11) is 1.64. The second-order valence-electron chi connectivity index (χ2n) is 6.31. The summed E-state index contributed by atoms with van der Waals surface area (Å²) >= 11 is 3.21. The monoisotopic (exact) mass is 407 g/mol. The normalized spacial score (nSPS) is 14.8. The molecule has 1 atom stereocenters. The first-order valence-electron chi connectivity index (χ1n) is 8.27. The molecule has 132 valence electrons. The van der Waals surface area contributed by atoms with Crippen molar-refractivity contribution in [2.45, 2.75) is 25.4 Å². The van der Waals surface area contributed by atoms with E-state index in [2.05, 4.69) is 21.2 Å². The van der Waals surface area contributed by atoms with E-state index in [0.29, 0.717) is 17.1 Å². The predicted molar refractivity (Wildman–Crippen MR) is 98.3 cm³/mol. The largest absolute Gasteiger partial charge is 0.497 e. The van der Waals surface area contributed by atoms with Crippen LogP contribution < -0.4 is 15.0 Å². The molecule has 4 nitrogen and oxygen atoms in total. The molecule has 6 heteroatoms. The molecule has 1 fully saturated rings. The van der Waals surface area contributed by atoms with E-state index in [1.54, 1.807) is 19.2 Å². The van der Waals surface area contributed by atoms with Crippen molar-refractivity contribution >= 4 is 27.5 Å². The minimum absolute atomic E-state index is 0.170. The van der Waals surface area contributed by atoms with Gasteiger partial charge >= 0.3 is 0 Å². The van der Waals surface area contributed by atoms with Crippen LogP contribution in [0.1, 0.15) is 18.4 Å². The van der Waals surface area contributed by atoms with Crippen molar-refractivity contribution < 1.29 is 18.8 Å². The lowest BCUT2D eigenvalue weighted by molar-refractivity contribution is -0.916. The second-order valence-corrected chi connectivity index (χ2v) is 7.22. The number of carbonyl (C=O) groups is 1. The van der Waals surface area contributed by atoms with Gasteiger partial charge < -0.3 is 15.0 Å². The van der Waals surface area contributed by atoms with Crippen LogP contribution in [-0.4, -0.2) is 25.6 Å². The minimum Gasteiger partial charge on any atom is -0.497 e. The van der Waals surface area contributed by atoms with Crippen LogP contribution in [0.15, 0.2) is 46.9 Å². The summed E-state index contributed by atoms with van der Waals surface area (Å²) < 4.78 is 19.7. The molecule has 0 bridgehead atoms. The number of ether oxygens (including phenoxy) is 1. The fraction of sp³-hybridized carbons (Fsp3) is 0.316. The summed E-state index contributed by atoms with van der Waals surface area (Å²) in [6.07, 6.45) is 2.26. The van der Waals surface area contributed by atoms with Gasteiger partial charge in [-0.25, -0.2) is 4.39 Å². The van der Waals surface area contributed by atoms with Crippen molar-refractivity contribution in [2.24, 2.45) is 0 Å². The van der Waals surface area contributed by atoms with Crippen molar-refractivity contribution in [3.05, 3.63) is 58.3 Å². The molecule has 0 saturated heterocycles. The summed E-state index contributed by atoms with van der Waals surface area (Å²) in [4.78, 5) is 13.6. The first-order valence-corrected chi connectivity index (χ1v) is 9.07. The molecular formula is C19H21BrFN2O2+. The lowest BCUT2D eigenvalue weighted by Gasteiger charge is -2.19. The van der Waals surface area contributed by atoms with E-state index in [9.17, 15) is 9.18 Å². The quantitative estimate of drug-likeness (QED) is 0.740. The van der Waals surface area contributed by atoms with Gasteiger partial charge in [-0.3, -0.25) is 4.79 Å². The van der Waals surface area contributed by atoms with Crippen LogP contribution in [0.2, 0.25) is 0 Å². The lowest BCUT2D eigenvalue weighted by Crippen LogP contribution is -3.13. The average Bonchev–Trinajstić information content (AvgIpc) is 3.42. The van der Waals surface area contributed by atoms with Crippen LogP contribution in [0.4, 0.5) is 10.1 Å². The summed E-state index contributed by atoms with van der Waals surface area (Å²) in [5.74, 6) is 0.211. The van der Waals surface area contributed by atoms with E-state index in [4.69, 9.17) is 4.74 Å². The van der Waals surface area contributed by atoms with Gasteiger partial charge in [-0.15, -0.1) is 0 Å². The van der Waals surface area contributed by atoms with Crippen molar-refractivity contribution in [1.82, 2.24) is 0 Å². The maximum absolute atomic E-state index is 13.9. The number of quaternary nitrogens is 1. The molecule has 0 radical (unpaired) electrons. The molecule has 0 spiro atoms. The van der Waals surface area contributed by atoms with Gasteiger partial charge in [0.15, 0.2) is 6.54 Å². The molecule has 1 saturated carbocycles. The molecule has 2 aromatic rings. The molecule has 2 N–H and O–H groups in total. The number of amides is 1. The van der Waals surface area contributed by atoms with E-state index in [-0.39, 0.29) is 11.6 Å². The smallest absolute Gasteiger partial charge is 0.279 e. The number of carbonyl (C=O) groups excluding carboxylic acids is 1. The molecule has 1 aliphatic rings. The van der Waals surface area contributed by atoms with Gasteiger partial charge in [-0.2, -0.15) is 0 Å². The molecular weight excluding hydrogens is 387 g/mol. The van der Waals surface area contributed by atoms with Crippen molar-refractivity contribution in [3.63, 3.8) is 0 Å². The third kappa shape index (κ3) is 5.03. The Labute approximate surface area is 155 Å². The maximum atomic E-state index is 13.9. The SMILES string of the molecule is COc1ccc(C[NH+](CC(=O)Nc2ccc(Br)cc2F)C2CC2)cc1. The zero-order chi connectivity index (χ0) is 17.8. The Kier molecular flexibility index (Phi) is 5.71. The van der Waals surface area contributed by atoms with E-state index in [1.807, 2.05) is 24.3 Å². The van der Waals surface area contributed by atoms with Gasteiger partial charge in [-0.1, -0.05) is 15.9 Å². The van der Waals surface area contributed by atoms with E-state index in [1.165, 1.54) is 11.0 Å². The van der Waals surface area contributed by atoms with Crippen LogP contribution in [0, 0.1) is 5.82 Å². The highest BCUT2D eigenvalue weighted by molar-refractivity contribution is 9.10. The highest BCUT2D eigenvalue weighted by Gasteiger charge is 2.34. The summed E-state index contributed by atoms with van der Waals surface area (Å²) in [6, 6.07) is 13.0. The molecule has 0 heterocycles. The fourth-order valence-electron chi connectivity index (χ4n) is 2.84. The summed E-state index contributed by atoms with van der Waals surface area (Å²) in [6.45, 7) is 1.09. The number of methoxy groups -OCH3 is 1. The van der Waals surface area contributed by atoms with E-state index in [0.717, 1.165) is 30.7 Å². The molecule has 3 rings (SSSR count). The number of halogens is 2. The fourth-order valence-corrected chi connectivity index (χ4v) is 3.17. The maximum Gasteiger partial charge on any atom is 0.279 e. The number of hydrogen-bond donors (Lipinski definition) is 2. The standard InChI is InChI=1S/C19H20BrFN2O2/c1-25-16-7-2-13(3-8-16)11-23(15-5-6-15)12-19(24)22-18-9-4-14(20)10-17(18)21/h2-4,7-10,15H,5-6,11-12H2,1H3,(H,22,24)/p+1. The van der Waals surface area contributed by atoms with Crippen molar-refractivity contribution in [1.29, 1.82) is 0 Å². The Morgan fingerprint density at radius 2 is 2.00 bits per heavy atom. The average molecular weight is 408 g/mol. The molecule has 1 aliphatic carbocycles. The number of anilines is 1. The summed E-state index contributed by atoms with van der Waals surface area (Å²) in [5.41, 5.74) is 1.37. The van der Waals surface area contributed by atoms with Crippen LogP contribution in [0.5, 0.6) is 5.75 Å². The molecule has 0 aromatic heterocycles. The molecule has 0 aliphatic heterocycles. The summed E-state index contributed by atoms with van der Waals surface area (Å²) in [5, 5.41) is 2.68. The van der Waals surface area contributed by atoms with Crippen LogP contribution >= 0.6 is 15.9 Å². The molecule has 1 unspecified atom stereocenters. The van der Waals surface area contributed by atoms with Gasteiger partial charge in [0, 0.05) is 22.9 Å². The number of hydrogen-bond acceptors (Lipinski definition) is 2. The first-order chi connectivity index (χ1) is 12.0. The Morgan fingerprint density at radius 3 is 2.60 bits per heavy atom. The minimum atomic E-state index is -0.439.